The van der Waals surface area contributed by atoms with Crippen molar-refractivity contribution in [3.63, 3.8) is 0 Å². The van der Waals surface area contributed by atoms with E-state index in [0.29, 0.717) is 11.7 Å². The lowest BCUT2D eigenvalue weighted by molar-refractivity contribution is 0.670. The molecule has 0 aliphatic heterocycles. The van der Waals surface area contributed by atoms with Crippen LogP contribution in [0.25, 0.3) is 66.1 Å². The zero-order valence-corrected chi connectivity index (χ0v) is 31.5. The summed E-state index contributed by atoms with van der Waals surface area (Å²) >= 11 is 0. The topological polar surface area (TPSA) is 55.1 Å². The molecular formula is C52H38N4O. The number of hydrogen-bond acceptors (Lipinski definition) is 2. The Balaban J connectivity index is 1.15. The van der Waals surface area contributed by atoms with E-state index in [1.54, 1.807) is 0 Å². The molecule has 0 amide bonds. The van der Waals surface area contributed by atoms with Crippen LogP contribution in [0.3, 0.4) is 0 Å². The standard InChI is InChI=1S/C52H38N4O/c1-3-4-7-21-40(35-54-52(38-19-10-6-11-20-38)55-51(53-2)37-17-8-5-9-18-37)36-28-31-41(32-29-36)56-47-26-14-12-22-43(47)44-33-30-39(34-48(44)56)42-24-16-25-46-45-23-13-15-27-49(45)57-50(42)46/h3-35H,2H2,1H3/b4-3+,21-7-,40-35+,54-52?,55-51?. The minimum atomic E-state index is 0.505. The normalized spacial score (nSPS) is 12.9. The summed E-state index contributed by atoms with van der Waals surface area (Å²) in [6.07, 6.45) is 9.99. The quantitative estimate of drug-likeness (QED) is 0.0871. The molecule has 57 heavy (non-hydrogen) atoms. The number of aliphatic imine (C=N–C) groups is 3. The Hall–Kier alpha value is -7.63. The Labute approximate surface area is 331 Å². The number of furan rings is 1. The number of benzene rings is 7. The predicted molar refractivity (Wildman–Crippen MR) is 241 cm³/mol. The van der Waals surface area contributed by atoms with Crippen LogP contribution in [0.15, 0.2) is 220 Å². The Bertz CT molecular complexity index is 3070. The average molecular weight is 735 g/mol. The molecular weight excluding hydrogens is 697 g/mol. The summed E-state index contributed by atoms with van der Waals surface area (Å²) in [5, 5.41) is 4.64. The first kappa shape index (κ1) is 35.1. The van der Waals surface area contributed by atoms with E-state index in [1.165, 1.54) is 10.8 Å². The largest absolute Gasteiger partial charge is 0.455 e. The van der Waals surface area contributed by atoms with Crippen molar-refractivity contribution in [2.75, 3.05) is 0 Å². The second-order valence-electron chi connectivity index (χ2n) is 13.7. The minimum Gasteiger partial charge on any atom is -0.455 e. The Morgan fingerprint density at radius 2 is 1.25 bits per heavy atom. The van der Waals surface area contributed by atoms with Gasteiger partial charge < -0.3 is 8.98 Å². The third-order valence-electron chi connectivity index (χ3n) is 10.2. The highest BCUT2D eigenvalue weighted by atomic mass is 16.3. The summed E-state index contributed by atoms with van der Waals surface area (Å²) in [7, 11) is 0. The summed E-state index contributed by atoms with van der Waals surface area (Å²) in [6, 6.07) is 58.4. The van der Waals surface area contributed by atoms with Crippen LogP contribution < -0.4 is 0 Å². The minimum absolute atomic E-state index is 0.505. The van der Waals surface area contributed by atoms with Crippen LogP contribution in [0.2, 0.25) is 0 Å². The van der Waals surface area contributed by atoms with E-state index in [-0.39, 0.29) is 0 Å². The highest BCUT2D eigenvalue weighted by Crippen LogP contribution is 2.39. The van der Waals surface area contributed by atoms with E-state index >= 15 is 0 Å². The zero-order valence-electron chi connectivity index (χ0n) is 31.5. The number of rotatable bonds is 8. The predicted octanol–water partition coefficient (Wildman–Crippen LogP) is 13.4. The molecule has 0 N–H and O–H groups in total. The molecule has 0 fully saturated rings. The molecule has 0 bridgehead atoms. The van der Waals surface area contributed by atoms with Crippen molar-refractivity contribution in [3.8, 4) is 16.8 Å². The van der Waals surface area contributed by atoms with Gasteiger partial charge in [-0.3, -0.25) is 0 Å². The summed E-state index contributed by atoms with van der Waals surface area (Å²) in [5.41, 5.74) is 11.0. The molecule has 0 aliphatic carbocycles. The second-order valence-corrected chi connectivity index (χ2v) is 13.7. The molecule has 9 rings (SSSR count). The van der Waals surface area contributed by atoms with Crippen LogP contribution in [0.5, 0.6) is 0 Å². The van der Waals surface area contributed by atoms with Gasteiger partial charge in [-0.05, 0) is 55.1 Å². The molecule has 272 valence electrons. The molecule has 5 nitrogen and oxygen atoms in total. The van der Waals surface area contributed by atoms with E-state index in [9.17, 15) is 0 Å². The van der Waals surface area contributed by atoms with Crippen LogP contribution in [-0.4, -0.2) is 23.0 Å². The lowest BCUT2D eigenvalue weighted by Crippen LogP contribution is -2.04. The average Bonchev–Trinajstić information content (AvgIpc) is 3.82. The van der Waals surface area contributed by atoms with Gasteiger partial charge in [0, 0.05) is 55.7 Å². The van der Waals surface area contributed by atoms with Gasteiger partial charge in [0.25, 0.3) is 0 Å². The van der Waals surface area contributed by atoms with Gasteiger partial charge in [0.05, 0.1) is 11.0 Å². The van der Waals surface area contributed by atoms with Crippen LogP contribution in [0, 0.1) is 0 Å². The van der Waals surface area contributed by atoms with E-state index in [1.807, 2.05) is 104 Å². The highest BCUT2D eigenvalue weighted by molar-refractivity contribution is 6.14. The zero-order chi connectivity index (χ0) is 38.6. The first-order chi connectivity index (χ1) is 28.2. The lowest BCUT2D eigenvalue weighted by atomic mass is 10.0. The number of aromatic nitrogens is 1. The Kier molecular flexibility index (Phi) is 9.61. The van der Waals surface area contributed by atoms with Gasteiger partial charge in [-0.2, -0.15) is 0 Å². The van der Waals surface area contributed by atoms with Gasteiger partial charge in [0.2, 0.25) is 0 Å². The van der Waals surface area contributed by atoms with Crippen LogP contribution in [-0.2, 0) is 0 Å². The lowest BCUT2D eigenvalue weighted by Gasteiger charge is -2.11. The molecule has 0 spiro atoms. The third-order valence-corrected chi connectivity index (χ3v) is 10.2. The number of fused-ring (bicyclic) bond motifs is 6. The van der Waals surface area contributed by atoms with Crippen LogP contribution in [0.1, 0.15) is 23.6 Å². The smallest absolute Gasteiger partial charge is 0.161 e. The van der Waals surface area contributed by atoms with Gasteiger partial charge in [-0.1, -0.05) is 164 Å². The number of nitrogens with zero attached hydrogens (tertiary/aromatic N) is 4. The van der Waals surface area contributed by atoms with Gasteiger partial charge in [0.1, 0.15) is 11.2 Å². The molecule has 2 aromatic heterocycles. The van der Waals surface area contributed by atoms with Crippen molar-refractivity contribution < 1.29 is 4.42 Å². The van der Waals surface area contributed by atoms with Crippen molar-refractivity contribution in [1.82, 2.24) is 4.57 Å². The number of amidine groups is 2. The number of allylic oxidation sites excluding steroid dienone is 5. The maximum Gasteiger partial charge on any atom is 0.161 e. The fourth-order valence-corrected chi connectivity index (χ4v) is 7.44. The second kappa shape index (κ2) is 15.6. The van der Waals surface area contributed by atoms with Crippen molar-refractivity contribution in [3.05, 3.63) is 217 Å². The maximum atomic E-state index is 6.45. The monoisotopic (exact) mass is 734 g/mol. The van der Waals surface area contributed by atoms with Gasteiger partial charge in [0.15, 0.2) is 11.7 Å². The molecule has 2 heterocycles. The fourth-order valence-electron chi connectivity index (χ4n) is 7.44. The Morgan fingerprint density at radius 1 is 0.579 bits per heavy atom. The third kappa shape index (κ3) is 6.83. The van der Waals surface area contributed by atoms with E-state index in [4.69, 9.17) is 14.4 Å². The van der Waals surface area contributed by atoms with E-state index < -0.39 is 0 Å². The number of hydrogen-bond donors (Lipinski definition) is 0. The van der Waals surface area contributed by atoms with Gasteiger partial charge in [-0.15, -0.1) is 0 Å². The summed E-state index contributed by atoms with van der Waals surface area (Å²) < 4.78 is 8.80. The highest BCUT2D eigenvalue weighted by Gasteiger charge is 2.16. The Morgan fingerprint density at radius 3 is 2.00 bits per heavy atom. The van der Waals surface area contributed by atoms with Crippen LogP contribution >= 0.6 is 0 Å². The summed E-state index contributed by atoms with van der Waals surface area (Å²) in [6.45, 7) is 5.81. The first-order valence-electron chi connectivity index (χ1n) is 19.0. The molecule has 0 radical (unpaired) electrons. The molecule has 0 unspecified atom stereocenters. The SMILES string of the molecule is C=NC(=NC(=N\C=C(/C=C\C=C\C)c1ccc(-n2c3ccccc3c3ccc(-c4cccc5c4oc4ccccc45)cc32)cc1)c1ccccc1)c1ccccc1. The molecule has 9 aromatic rings. The molecule has 5 heteroatoms. The molecule has 0 atom stereocenters. The fraction of sp³-hybridized carbons (Fsp3) is 0.0192. The van der Waals surface area contributed by atoms with Crippen LogP contribution in [0.4, 0.5) is 0 Å². The van der Waals surface area contributed by atoms with Gasteiger partial charge in [-0.25, -0.2) is 15.0 Å². The first-order valence-corrected chi connectivity index (χ1v) is 19.0. The van der Waals surface area contributed by atoms with Crippen molar-refractivity contribution in [2.24, 2.45) is 15.0 Å². The number of para-hydroxylation sites is 3. The van der Waals surface area contributed by atoms with E-state index in [0.717, 1.165) is 72.0 Å². The summed E-state index contributed by atoms with van der Waals surface area (Å²) in [4.78, 5) is 14.1. The molecule has 0 saturated heterocycles. The van der Waals surface area contributed by atoms with Crippen molar-refractivity contribution >= 4 is 67.7 Å². The maximum absolute atomic E-state index is 6.45. The van der Waals surface area contributed by atoms with E-state index in [2.05, 4.69) is 119 Å². The summed E-state index contributed by atoms with van der Waals surface area (Å²) in [5.74, 6) is 1.04. The molecule has 7 aromatic carbocycles. The van der Waals surface area contributed by atoms with Crippen molar-refractivity contribution in [2.45, 2.75) is 6.92 Å². The molecule has 0 aliphatic rings. The van der Waals surface area contributed by atoms with Crippen molar-refractivity contribution in [1.29, 1.82) is 0 Å². The molecule has 0 saturated carbocycles. The van der Waals surface area contributed by atoms with Gasteiger partial charge >= 0.3 is 0 Å².